The van der Waals surface area contributed by atoms with Crippen LogP contribution in [0.2, 0.25) is 0 Å². The fourth-order valence-electron chi connectivity index (χ4n) is 1.52. The summed E-state index contributed by atoms with van der Waals surface area (Å²) in [7, 11) is -0.891. The highest BCUT2D eigenvalue weighted by molar-refractivity contribution is 9.11. The van der Waals surface area contributed by atoms with E-state index in [9.17, 15) is 4.21 Å². The molecule has 1 aliphatic heterocycles. The first-order valence-electron chi connectivity index (χ1n) is 5.42. The molecular weight excluding hydrogens is 286 g/mol. The molecular formula is C12H18BrNOS. The van der Waals surface area contributed by atoms with Crippen molar-refractivity contribution in [2.24, 2.45) is 0 Å². The van der Waals surface area contributed by atoms with Crippen LogP contribution in [-0.2, 0) is 11.0 Å². The van der Waals surface area contributed by atoms with Gasteiger partial charge in [-0.3, -0.25) is 0 Å². The van der Waals surface area contributed by atoms with E-state index in [4.69, 9.17) is 0 Å². The predicted molar refractivity (Wildman–Crippen MR) is 74.8 cm³/mol. The Morgan fingerprint density at radius 3 is 2.56 bits per heavy atom. The lowest BCUT2D eigenvalue weighted by molar-refractivity contribution is 0.537. The topological polar surface area (TPSA) is 20.3 Å². The Labute approximate surface area is 109 Å². The first-order chi connectivity index (χ1) is 7.63. The van der Waals surface area contributed by atoms with Crippen molar-refractivity contribution in [3.8, 4) is 0 Å². The molecule has 0 amide bonds. The van der Waals surface area contributed by atoms with Crippen molar-refractivity contribution in [1.82, 2.24) is 4.31 Å². The third-order valence-corrected chi connectivity index (χ3v) is 4.22. The van der Waals surface area contributed by atoms with Gasteiger partial charge in [0, 0.05) is 13.1 Å². The molecule has 2 nitrogen and oxygen atoms in total. The lowest BCUT2D eigenvalue weighted by Gasteiger charge is -2.13. The van der Waals surface area contributed by atoms with Gasteiger partial charge in [0.1, 0.15) is 0 Å². The second-order valence-electron chi connectivity index (χ2n) is 3.80. The molecule has 1 unspecified atom stereocenters. The van der Waals surface area contributed by atoms with E-state index in [1.807, 2.05) is 23.4 Å². The molecule has 1 atom stereocenters. The molecule has 1 saturated heterocycles. The van der Waals surface area contributed by atoms with Crippen molar-refractivity contribution in [3.63, 3.8) is 0 Å². The van der Waals surface area contributed by atoms with Crippen molar-refractivity contribution in [2.45, 2.75) is 19.8 Å². The predicted octanol–water partition coefficient (Wildman–Crippen LogP) is 3.16. The summed E-state index contributed by atoms with van der Waals surface area (Å²) in [5.41, 5.74) is 1.02. The van der Waals surface area contributed by atoms with Gasteiger partial charge in [-0.05, 0) is 29.8 Å². The van der Waals surface area contributed by atoms with Crippen LogP contribution in [0.4, 0.5) is 0 Å². The van der Waals surface area contributed by atoms with Gasteiger partial charge in [-0.15, -0.1) is 0 Å². The fourth-order valence-corrected chi connectivity index (χ4v) is 3.00. The monoisotopic (exact) mass is 303 g/mol. The number of rotatable bonds is 5. The second-order valence-corrected chi connectivity index (χ2v) is 6.50. The van der Waals surface area contributed by atoms with Crippen molar-refractivity contribution in [3.05, 3.63) is 34.9 Å². The van der Waals surface area contributed by atoms with Gasteiger partial charge in [0.2, 0.25) is 0 Å². The fraction of sp³-hybridized carbons (Fsp3) is 0.500. The summed E-state index contributed by atoms with van der Waals surface area (Å²) in [5, 5.41) is 0. The highest BCUT2D eigenvalue weighted by Crippen LogP contribution is 2.13. The third kappa shape index (κ3) is 4.76. The summed E-state index contributed by atoms with van der Waals surface area (Å²) in [6.45, 7) is 7.65. The zero-order valence-corrected chi connectivity index (χ0v) is 12.0. The lowest BCUT2D eigenvalue weighted by Crippen LogP contribution is -2.24. The molecule has 4 heteroatoms. The van der Waals surface area contributed by atoms with Gasteiger partial charge in [-0.25, -0.2) is 8.51 Å². The van der Waals surface area contributed by atoms with E-state index in [1.165, 1.54) is 12.8 Å². The van der Waals surface area contributed by atoms with Crippen LogP contribution in [-0.4, -0.2) is 27.4 Å². The third-order valence-electron chi connectivity index (χ3n) is 2.43. The van der Waals surface area contributed by atoms with Gasteiger partial charge in [0.25, 0.3) is 0 Å². The molecule has 0 aromatic rings. The molecule has 0 aliphatic carbocycles. The molecule has 0 bridgehead atoms. The van der Waals surface area contributed by atoms with Crippen molar-refractivity contribution in [1.29, 1.82) is 0 Å². The number of hydrogen-bond acceptors (Lipinski definition) is 1. The van der Waals surface area contributed by atoms with Crippen LogP contribution < -0.4 is 0 Å². The maximum absolute atomic E-state index is 12.0. The van der Waals surface area contributed by atoms with E-state index in [0.29, 0.717) is 5.75 Å². The Bertz CT molecular complexity index is 326. The largest absolute Gasteiger partial charge is 0.242 e. The summed E-state index contributed by atoms with van der Waals surface area (Å²) < 4.78 is 15.1. The zero-order chi connectivity index (χ0) is 12.0. The molecule has 0 spiro atoms. The van der Waals surface area contributed by atoms with Crippen molar-refractivity contribution in [2.75, 3.05) is 18.8 Å². The van der Waals surface area contributed by atoms with Crippen LogP contribution in [0.5, 0.6) is 0 Å². The summed E-state index contributed by atoms with van der Waals surface area (Å²) in [5.74, 6) is 0.570. The first-order valence-corrected chi connectivity index (χ1v) is 7.49. The van der Waals surface area contributed by atoms with Gasteiger partial charge >= 0.3 is 0 Å². The average molecular weight is 304 g/mol. The van der Waals surface area contributed by atoms with E-state index in [-0.39, 0.29) is 0 Å². The van der Waals surface area contributed by atoms with E-state index in [2.05, 4.69) is 22.5 Å². The van der Waals surface area contributed by atoms with Crippen LogP contribution in [0.15, 0.2) is 34.9 Å². The van der Waals surface area contributed by atoms with E-state index in [1.54, 1.807) is 6.08 Å². The smallest absolute Gasteiger partial charge is 0.0987 e. The molecule has 0 aromatic heterocycles. The molecule has 1 fully saturated rings. The highest BCUT2D eigenvalue weighted by atomic mass is 79.9. The SMILES string of the molecule is C=C/C(=C\C=C(/C)Br)CS(=O)N1CCCC1. The average Bonchev–Trinajstić information content (AvgIpc) is 2.76. The summed E-state index contributed by atoms with van der Waals surface area (Å²) in [6.07, 6.45) is 8.03. The summed E-state index contributed by atoms with van der Waals surface area (Å²) in [6, 6.07) is 0. The van der Waals surface area contributed by atoms with Gasteiger partial charge in [0.05, 0.1) is 16.7 Å². The quantitative estimate of drug-likeness (QED) is 0.715. The maximum atomic E-state index is 12.0. The van der Waals surface area contributed by atoms with Gasteiger partial charge in [-0.2, -0.15) is 0 Å². The summed E-state index contributed by atoms with van der Waals surface area (Å²) in [4.78, 5) is 0. The minimum Gasteiger partial charge on any atom is -0.242 e. The Morgan fingerprint density at radius 1 is 1.44 bits per heavy atom. The number of hydrogen-bond donors (Lipinski definition) is 0. The first kappa shape index (κ1) is 13.9. The molecule has 90 valence electrons. The normalized spacial score (nSPS) is 21.1. The zero-order valence-electron chi connectivity index (χ0n) is 9.62. The van der Waals surface area contributed by atoms with Crippen LogP contribution in [0.1, 0.15) is 19.8 Å². The second kappa shape index (κ2) is 7.20. The minimum absolute atomic E-state index is 0.570. The molecule has 1 rings (SSSR count). The van der Waals surface area contributed by atoms with Crippen LogP contribution in [0.3, 0.4) is 0 Å². The molecule has 0 N–H and O–H groups in total. The Hall–Kier alpha value is -0.190. The molecule has 1 heterocycles. The van der Waals surface area contributed by atoms with E-state index >= 15 is 0 Å². The highest BCUT2D eigenvalue weighted by Gasteiger charge is 2.17. The van der Waals surface area contributed by atoms with Crippen LogP contribution >= 0.6 is 15.9 Å². The van der Waals surface area contributed by atoms with Gasteiger partial charge in [-0.1, -0.05) is 40.7 Å². The number of halogens is 1. The minimum atomic E-state index is -0.891. The Morgan fingerprint density at radius 2 is 2.06 bits per heavy atom. The molecule has 0 saturated carbocycles. The van der Waals surface area contributed by atoms with Crippen molar-refractivity contribution < 1.29 is 4.21 Å². The van der Waals surface area contributed by atoms with Crippen LogP contribution in [0.25, 0.3) is 0 Å². The van der Waals surface area contributed by atoms with E-state index < -0.39 is 11.0 Å². The van der Waals surface area contributed by atoms with E-state index in [0.717, 1.165) is 23.1 Å². The molecule has 16 heavy (non-hydrogen) atoms. The number of nitrogens with zero attached hydrogens (tertiary/aromatic N) is 1. The Kier molecular flexibility index (Phi) is 6.24. The molecule has 0 aromatic carbocycles. The number of allylic oxidation sites excluding steroid dienone is 4. The standard InChI is InChI=1S/C12H18BrNOS/c1-3-12(7-6-11(2)13)10-16(15)14-8-4-5-9-14/h3,6-7H,1,4-5,8-10H2,2H3/b11-6+,12-7+. The molecule has 0 radical (unpaired) electrons. The van der Waals surface area contributed by atoms with Gasteiger partial charge < -0.3 is 0 Å². The summed E-state index contributed by atoms with van der Waals surface area (Å²) >= 11 is 3.36. The van der Waals surface area contributed by atoms with Gasteiger partial charge in [0.15, 0.2) is 0 Å². The van der Waals surface area contributed by atoms with Crippen LogP contribution in [0, 0.1) is 0 Å². The van der Waals surface area contributed by atoms with Crippen molar-refractivity contribution >= 4 is 26.9 Å². The molecule has 1 aliphatic rings. The maximum Gasteiger partial charge on any atom is 0.0987 e. The lowest BCUT2D eigenvalue weighted by atomic mass is 10.3. The Balaban J connectivity index is 2.55.